The minimum Gasteiger partial charge on any atom is -0.353 e. The normalized spacial score (nSPS) is 22.7. The Morgan fingerprint density at radius 1 is 1.26 bits per heavy atom. The summed E-state index contributed by atoms with van der Waals surface area (Å²) in [5.74, 6) is 0.320. The summed E-state index contributed by atoms with van der Waals surface area (Å²) in [7, 11) is 0. The van der Waals surface area contributed by atoms with Gasteiger partial charge in [0.1, 0.15) is 6.04 Å². The predicted molar refractivity (Wildman–Crippen MR) is 85.8 cm³/mol. The smallest absolute Gasteiger partial charge is 0.275 e. The van der Waals surface area contributed by atoms with E-state index < -0.39 is 0 Å². The number of carbonyl (C=O) groups excluding carboxylic acids is 2. The Kier molecular flexibility index (Phi) is 4.88. The highest BCUT2D eigenvalue weighted by molar-refractivity contribution is 5.96. The second-order valence-electron chi connectivity index (χ2n) is 6.61. The third kappa shape index (κ3) is 3.68. The van der Waals surface area contributed by atoms with Gasteiger partial charge in [0, 0.05) is 13.1 Å². The Balaban J connectivity index is 1.75. The molecule has 6 heteroatoms. The molecule has 2 heterocycles. The van der Waals surface area contributed by atoms with E-state index in [9.17, 15) is 9.59 Å². The third-order valence-electron chi connectivity index (χ3n) is 4.89. The van der Waals surface area contributed by atoms with E-state index in [0.29, 0.717) is 24.7 Å². The van der Waals surface area contributed by atoms with Crippen molar-refractivity contribution in [1.29, 1.82) is 0 Å². The van der Waals surface area contributed by atoms with Crippen molar-refractivity contribution in [3.8, 4) is 0 Å². The highest BCUT2D eigenvalue weighted by Gasteiger charge is 2.35. The number of aryl methyl sites for hydroxylation is 1. The summed E-state index contributed by atoms with van der Waals surface area (Å²) in [4.78, 5) is 26.8. The lowest BCUT2D eigenvalue weighted by Gasteiger charge is -2.37. The monoisotopic (exact) mass is 316 g/mol. The first kappa shape index (κ1) is 15.9. The fraction of sp³-hybridized carbons (Fsp3) is 0.647. The molecule has 1 atom stereocenters. The number of carbonyl (C=O) groups is 2. The molecule has 0 aromatic carbocycles. The van der Waals surface area contributed by atoms with Crippen molar-refractivity contribution in [3.05, 3.63) is 23.5 Å². The number of nitrogens with one attached hydrogen (secondary N) is 1. The summed E-state index contributed by atoms with van der Waals surface area (Å²) < 4.78 is 0. The molecule has 0 spiro atoms. The zero-order valence-corrected chi connectivity index (χ0v) is 13.6. The molecule has 124 valence electrons. The summed E-state index contributed by atoms with van der Waals surface area (Å²) in [6, 6.07) is 3.09. The Labute approximate surface area is 136 Å². The summed E-state index contributed by atoms with van der Waals surface area (Å²) in [6.45, 7) is 2.88. The lowest BCUT2D eigenvalue weighted by atomic mass is 9.84. The third-order valence-corrected chi connectivity index (χ3v) is 4.89. The second-order valence-corrected chi connectivity index (χ2v) is 6.61. The first-order valence-electron chi connectivity index (χ1n) is 8.54. The van der Waals surface area contributed by atoms with Crippen molar-refractivity contribution < 1.29 is 9.59 Å². The average molecular weight is 316 g/mol. The van der Waals surface area contributed by atoms with E-state index in [4.69, 9.17) is 0 Å². The molecule has 23 heavy (non-hydrogen) atoms. The zero-order chi connectivity index (χ0) is 16.2. The topological polar surface area (TPSA) is 75.2 Å². The van der Waals surface area contributed by atoms with Crippen LogP contribution in [0.4, 0.5) is 0 Å². The van der Waals surface area contributed by atoms with E-state index in [2.05, 4.69) is 15.5 Å². The van der Waals surface area contributed by atoms with Crippen LogP contribution in [-0.2, 0) is 4.79 Å². The van der Waals surface area contributed by atoms with Crippen LogP contribution >= 0.6 is 0 Å². The van der Waals surface area contributed by atoms with Crippen molar-refractivity contribution in [2.75, 3.05) is 13.1 Å². The first-order valence-corrected chi connectivity index (χ1v) is 8.54. The molecule has 0 radical (unpaired) electrons. The molecule has 1 aliphatic heterocycles. The van der Waals surface area contributed by atoms with Gasteiger partial charge in [-0.05, 0) is 31.4 Å². The van der Waals surface area contributed by atoms with E-state index in [1.165, 1.54) is 19.3 Å². The Morgan fingerprint density at radius 3 is 2.74 bits per heavy atom. The van der Waals surface area contributed by atoms with Gasteiger partial charge in [0.2, 0.25) is 5.91 Å². The number of piperazine rings is 1. The number of rotatable bonds is 3. The van der Waals surface area contributed by atoms with E-state index in [1.54, 1.807) is 17.0 Å². The van der Waals surface area contributed by atoms with Crippen LogP contribution in [0, 0.1) is 12.8 Å². The number of aromatic nitrogens is 2. The fourth-order valence-electron chi connectivity index (χ4n) is 3.59. The maximum Gasteiger partial charge on any atom is 0.275 e. The maximum atomic E-state index is 12.8. The van der Waals surface area contributed by atoms with Gasteiger partial charge in [-0.25, -0.2) is 0 Å². The molecule has 2 aliphatic rings. The number of amides is 2. The molecule has 1 unspecified atom stereocenters. The van der Waals surface area contributed by atoms with Crippen LogP contribution < -0.4 is 5.32 Å². The minimum atomic E-state index is -0.373. The summed E-state index contributed by atoms with van der Waals surface area (Å²) in [5.41, 5.74) is 1.09. The van der Waals surface area contributed by atoms with Crippen molar-refractivity contribution in [1.82, 2.24) is 20.4 Å². The predicted octanol–water partition coefficient (Wildman–Crippen LogP) is 1.70. The molecule has 2 fully saturated rings. The summed E-state index contributed by atoms with van der Waals surface area (Å²) >= 11 is 0. The molecule has 1 saturated carbocycles. The van der Waals surface area contributed by atoms with Crippen molar-refractivity contribution in [3.63, 3.8) is 0 Å². The van der Waals surface area contributed by atoms with Crippen molar-refractivity contribution in [2.45, 2.75) is 51.5 Å². The van der Waals surface area contributed by atoms with Crippen LogP contribution in [0.15, 0.2) is 12.1 Å². The average Bonchev–Trinajstić information content (AvgIpc) is 2.58. The van der Waals surface area contributed by atoms with Gasteiger partial charge in [0.05, 0.1) is 5.69 Å². The molecule has 1 aliphatic carbocycles. The molecule has 6 nitrogen and oxygen atoms in total. The first-order chi connectivity index (χ1) is 11.1. The molecular weight excluding hydrogens is 292 g/mol. The molecule has 1 N–H and O–H groups in total. The van der Waals surface area contributed by atoms with Gasteiger partial charge in [-0.3, -0.25) is 9.59 Å². The molecule has 0 bridgehead atoms. The van der Waals surface area contributed by atoms with E-state index >= 15 is 0 Å². The standard InChI is InChI=1S/C17H24N4O2/c1-12-7-8-14(20-19-12)17(23)21-10-9-18-16(22)15(21)11-13-5-3-2-4-6-13/h7-8,13,15H,2-6,9-11H2,1H3,(H,18,22). The number of nitrogens with zero attached hydrogens (tertiary/aromatic N) is 3. The van der Waals surface area contributed by atoms with Crippen LogP contribution in [0.3, 0.4) is 0 Å². The summed E-state index contributed by atoms with van der Waals surface area (Å²) in [6.07, 6.45) is 6.84. The Morgan fingerprint density at radius 2 is 2.04 bits per heavy atom. The largest absolute Gasteiger partial charge is 0.353 e. The van der Waals surface area contributed by atoms with E-state index in [-0.39, 0.29) is 17.9 Å². The van der Waals surface area contributed by atoms with Gasteiger partial charge in [0.25, 0.3) is 5.91 Å². The second kappa shape index (κ2) is 7.06. The maximum absolute atomic E-state index is 12.8. The van der Waals surface area contributed by atoms with Crippen molar-refractivity contribution in [2.24, 2.45) is 5.92 Å². The van der Waals surface area contributed by atoms with Crippen LogP contribution in [0.1, 0.15) is 54.7 Å². The zero-order valence-electron chi connectivity index (χ0n) is 13.6. The van der Waals surface area contributed by atoms with E-state index in [0.717, 1.165) is 25.0 Å². The van der Waals surface area contributed by atoms with Crippen LogP contribution in [0.25, 0.3) is 0 Å². The van der Waals surface area contributed by atoms with Crippen LogP contribution in [0.5, 0.6) is 0 Å². The lowest BCUT2D eigenvalue weighted by molar-refractivity contribution is -0.128. The SMILES string of the molecule is Cc1ccc(C(=O)N2CCNC(=O)C2CC2CCCCC2)nn1. The molecular formula is C17H24N4O2. The summed E-state index contributed by atoms with van der Waals surface area (Å²) in [5, 5.41) is 10.8. The van der Waals surface area contributed by atoms with Crippen LogP contribution in [0.2, 0.25) is 0 Å². The Hall–Kier alpha value is -1.98. The Bertz CT molecular complexity index is 566. The molecule has 1 saturated heterocycles. The van der Waals surface area contributed by atoms with Gasteiger partial charge in [-0.15, -0.1) is 5.10 Å². The number of hydrogen-bond acceptors (Lipinski definition) is 4. The van der Waals surface area contributed by atoms with Gasteiger partial charge >= 0.3 is 0 Å². The highest BCUT2D eigenvalue weighted by atomic mass is 16.2. The molecule has 1 aromatic heterocycles. The van der Waals surface area contributed by atoms with Crippen molar-refractivity contribution >= 4 is 11.8 Å². The van der Waals surface area contributed by atoms with Gasteiger partial charge in [-0.2, -0.15) is 5.10 Å². The highest BCUT2D eigenvalue weighted by Crippen LogP contribution is 2.29. The minimum absolute atomic E-state index is 0.0322. The fourth-order valence-corrected chi connectivity index (χ4v) is 3.59. The van der Waals surface area contributed by atoms with Gasteiger partial charge in [0.15, 0.2) is 5.69 Å². The molecule has 2 amide bonds. The molecule has 3 rings (SSSR count). The quantitative estimate of drug-likeness (QED) is 0.921. The van der Waals surface area contributed by atoms with Gasteiger partial charge in [-0.1, -0.05) is 32.1 Å². The van der Waals surface area contributed by atoms with Gasteiger partial charge < -0.3 is 10.2 Å². The van der Waals surface area contributed by atoms with E-state index in [1.807, 2.05) is 6.92 Å². The van der Waals surface area contributed by atoms with Crippen LogP contribution in [-0.4, -0.2) is 46.0 Å². The molecule has 1 aromatic rings. The lowest BCUT2D eigenvalue weighted by Crippen LogP contribution is -2.57. The number of hydrogen-bond donors (Lipinski definition) is 1.